The lowest BCUT2D eigenvalue weighted by Crippen LogP contribution is -2.29. The maximum atomic E-state index is 9.40. The third kappa shape index (κ3) is 30.0. The molecule has 0 radical (unpaired) electrons. The van der Waals surface area contributed by atoms with Crippen molar-refractivity contribution in [3.05, 3.63) is 0 Å². The zero-order chi connectivity index (χ0) is 25.5. The van der Waals surface area contributed by atoms with Gasteiger partial charge in [-0.2, -0.15) is 0 Å². The van der Waals surface area contributed by atoms with E-state index in [0.29, 0.717) is 6.61 Å². The molecular formula is C32H67NO2. The molecule has 0 spiro atoms. The lowest BCUT2D eigenvalue weighted by atomic mass is 10.0. The molecule has 1 N–H and O–H groups in total. The molecule has 0 atom stereocenters. The first-order chi connectivity index (χ1) is 17.3. The Balaban J connectivity index is 3.36. The maximum Gasteiger partial charge on any atom is 0.0558 e. The number of methoxy groups -OCH3 is 1. The van der Waals surface area contributed by atoms with Crippen LogP contribution in [0, 0.1) is 0 Å². The zero-order valence-corrected chi connectivity index (χ0v) is 24.5. The van der Waals surface area contributed by atoms with Gasteiger partial charge in [-0.15, -0.1) is 0 Å². The fourth-order valence-corrected chi connectivity index (χ4v) is 5.18. The number of unbranched alkanes of at least 4 members (excludes halogenated alkanes) is 23. The predicted molar refractivity (Wildman–Crippen MR) is 157 cm³/mol. The van der Waals surface area contributed by atoms with Crippen molar-refractivity contribution in [1.29, 1.82) is 0 Å². The molecule has 0 heterocycles. The van der Waals surface area contributed by atoms with Gasteiger partial charge in [-0.05, 0) is 32.4 Å². The van der Waals surface area contributed by atoms with Crippen molar-refractivity contribution in [3.63, 3.8) is 0 Å². The second kappa shape index (κ2) is 31.9. The van der Waals surface area contributed by atoms with Crippen molar-refractivity contribution in [2.24, 2.45) is 0 Å². The predicted octanol–water partition coefficient (Wildman–Crippen LogP) is 9.70. The highest BCUT2D eigenvalue weighted by Crippen LogP contribution is 2.14. The Morgan fingerprint density at radius 2 is 0.743 bits per heavy atom. The van der Waals surface area contributed by atoms with Crippen molar-refractivity contribution in [3.8, 4) is 0 Å². The largest absolute Gasteiger partial charge is 0.395 e. The number of hydrogen-bond donors (Lipinski definition) is 1. The van der Waals surface area contributed by atoms with Gasteiger partial charge in [0.15, 0.2) is 0 Å². The van der Waals surface area contributed by atoms with Gasteiger partial charge >= 0.3 is 0 Å². The summed E-state index contributed by atoms with van der Waals surface area (Å²) in [7, 11) is 1.79. The summed E-state index contributed by atoms with van der Waals surface area (Å²) in [5.41, 5.74) is 0. The van der Waals surface area contributed by atoms with E-state index < -0.39 is 0 Å². The maximum absolute atomic E-state index is 9.40. The van der Waals surface area contributed by atoms with Crippen LogP contribution in [0.3, 0.4) is 0 Å². The minimum absolute atomic E-state index is 0.307. The minimum Gasteiger partial charge on any atom is -0.395 e. The lowest BCUT2D eigenvalue weighted by molar-refractivity contribution is 0.190. The van der Waals surface area contributed by atoms with E-state index in [1.165, 1.54) is 174 Å². The Morgan fingerprint density at radius 3 is 1.06 bits per heavy atom. The summed E-state index contributed by atoms with van der Waals surface area (Å²) >= 11 is 0. The average molecular weight is 498 g/mol. The van der Waals surface area contributed by atoms with E-state index in [1.54, 1.807) is 7.11 Å². The first-order valence-electron chi connectivity index (χ1n) is 16.2. The molecule has 0 bridgehead atoms. The smallest absolute Gasteiger partial charge is 0.0558 e. The van der Waals surface area contributed by atoms with Gasteiger partial charge in [0, 0.05) is 20.3 Å². The van der Waals surface area contributed by atoms with Crippen LogP contribution in [0.5, 0.6) is 0 Å². The third-order valence-corrected chi connectivity index (χ3v) is 7.57. The first kappa shape index (κ1) is 34.9. The number of hydrogen-bond acceptors (Lipinski definition) is 3. The molecule has 0 aliphatic rings. The van der Waals surface area contributed by atoms with E-state index in [0.717, 1.165) is 13.2 Å². The van der Waals surface area contributed by atoms with Gasteiger partial charge in [-0.25, -0.2) is 0 Å². The molecular weight excluding hydrogens is 430 g/mol. The van der Waals surface area contributed by atoms with Crippen LogP contribution in [0.4, 0.5) is 0 Å². The van der Waals surface area contributed by atoms with Crippen LogP contribution >= 0.6 is 0 Å². The first-order valence-corrected chi connectivity index (χ1v) is 16.2. The summed E-state index contributed by atoms with van der Waals surface area (Å²) < 4.78 is 5.11. The SMILES string of the molecule is CCCCCCCCCCCCCCCCCCN(CCO)CCCCCCCCCCCOC. The monoisotopic (exact) mass is 498 g/mol. The molecule has 0 saturated heterocycles. The van der Waals surface area contributed by atoms with Crippen molar-refractivity contribution in [2.75, 3.05) is 40.0 Å². The molecule has 0 aromatic carbocycles. The van der Waals surface area contributed by atoms with E-state index in [-0.39, 0.29) is 0 Å². The van der Waals surface area contributed by atoms with Crippen LogP contribution in [0.15, 0.2) is 0 Å². The molecule has 3 heteroatoms. The highest BCUT2D eigenvalue weighted by Gasteiger charge is 2.04. The topological polar surface area (TPSA) is 32.7 Å². The van der Waals surface area contributed by atoms with E-state index in [2.05, 4.69) is 11.8 Å². The molecule has 212 valence electrons. The van der Waals surface area contributed by atoms with Crippen molar-refractivity contribution >= 4 is 0 Å². The van der Waals surface area contributed by atoms with Crippen LogP contribution in [0.25, 0.3) is 0 Å². The number of rotatable bonds is 31. The van der Waals surface area contributed by atoms with Crippen molar-refractivity contribution in [2.45, 2.75) is 167 Å². The van der Waals surface area contributed by atoms with Crippen LogP contribution in [-0.2, 0) is 4.74 Å². The van der Waals surface area contributed by atoms with Crippen LogP contribution < -0.4 is 0 Å². The second-order valence-corrected chi connectivity index (χ2v) is 11.0. The summed E-state index contributed by atoms with van der Waals surface area (Å²) in [5.74, 6) is 0. The third-order valence-electron chi connectivity index (χ3n) is 7.57. The number of ether oxygens (including phenoxy) is 1. The van der Waals surface area contributed by atoms with Crippen LogP contribution in [-0.4, -0.2) is 50.0 Å². The number of aliphatic hydroxyl groups is 1. The summed E-state index contributed by atoms with van der Waals surface area (Å²) in [4.78, 5) is 2.50. The number of nitrogens with zero attached hydrogens (tertiary/aromatic N) is 1. The van der Waals surface area contributed by atoms with Crippen molar-refractivity contribution in [1.82, 2.24) is 4.90 Å². The zero-order valence-electron chi connectivity index (χ0n) is 24.5. The Hall–Kier alpha value is -0.120. The van der Waals surface area contributed by atoms with Gasteiger partial charge in [0.05, 0.1) is 6.61 Å². The van der Waals surface area contributed by atoms with Crippen LogP contribution in [0.2, 0.25) is 0 Å². The molecule has 0 fully saturated rings. The molecule has 0 amide bonds. The van der Waals surface area contributed by atoms with E-state index in [4.69, 9.17) is 4.74 Å². The van der Waals surface area contributed by atoms with Gasteiger partial charge in [-0.1, -0.05) is 148 Å². The second-order valence-electron chi connectivity index (χ2n) is 11.0. The van der Waals surface area contributed by atoms with Gasteiger partial charge in [0.2, 0.25) is 0 Å². The van der Waals surface area contributed by atoms with Crippen molar-refractivity contribution < 1.29 is 9.84 Å². The summed E-state index contributed by atoms with van der Waals surface area (Å²) in [6.45, 7) is 6.74. The highest BCUT2D eigenvalue weighted by atomic mass is 16.5. The average Bonchev–Trinajstić information content (AvgIpc) is 2.86. The van der Waals surface area contributed by atoms with Crippen LogP contribution in [0.1, 0.15) is 167 Å². The molecule has 0 aromatic rings. The summed E-state index contributed by atoms with van der Waals surface area (Å²) in [5, 5.41) is 9.40. The Labute approximate surface area is 222 Å². The number of aliphatic hydroxyl groups excluding tert-OH is 1. The molecule has 3 nitrogen and oxygen atoms in total. The quantitative estimate of drug-likeness (QED) is 0.0967. The minimum atomic E-state index is 0.307. The van der Waals surface area contributed by atoms with Gasteiger partial charge in [-0.3, -0.25) is 0 Å². The van der Waals surface area contributed by atoms with E-state index in [1.807, 2.05) is 0 Å². The molecule has 0 unspecified atom stereocenters. The molecule has 0 saturated carbocycles. The standard InChI is InChI=1S/C32H67NO2/c1-3-4-5-6-7-8-9-10-11-12-13-14-16-19-22-25-28-33(30-31-34)29-26-23-20-17-15-18-21-24-27-32-35-2/h34H,3-32H2,1-2H3. The Kier molecular flexibility index (Phi) is 31.8. The Bertz CT molecular complexity index is 363. The fourth-order valence-electron chi connectivity index (χ4n) is 5.18. The fraction of sp³-hybridized carbons (Fsp3) is 1.00. The molecule has 0 aromatic heterocycles. The lowest BCUT2D eigenvalue weighted by Gasteiger charge is -2.21. The van der Waals surface area contributed by atoms with E-state index in [9.17, 15) is 5.11 Å². The molecule has 35 heavy (non-hydrogen) atoms. The summed E-state index contributed by atoms with van der Waals surface area (Å²) in [6.07, 6.45) is 35.0. The molecule has 0 aliphatic carbocycles. The van der Waals surface area contributed by atoms with Gasteiger partial charge < -0.3 is 14.7 Å². The highest BCUT2D eigenvalue weighted by molar-refractivity contribution is 4.59. The van der Waals surface area contributed by atoms with E-state index >= 15 is 0 Å². The van der Waals surface area contributed by atoms with Gasteiger partial charge in [0.25, 0.3) is 0 Å². The summed E-state index contributed by atoms with van der Waals surface area (Å²) in [6, 6.07) is 0. The normalized spacial score (nSPS) is 11.7. The molecule has 0 rings (SSSR count). The molecule has 0 aliphatic heterocycles. The van der Waals surface area contributed by atoms with Gasteiger partial charge in [0.1, 0.15) is 0 Å². The Morgan fingerprint density at radius 1 is 0.429 bits per heavy atom.